The molecule has 0 bridgehead atoms. The van der Waals surface area contributed by atoms with E-state index in [1.807, 2.05) is 34.6 Å². The molecule has 82 valence electrons. The Morgan fingerprint density at radius 3 is 2.43 bits per heavy atom. The molecule has 0 saturated carbocycles. The van der Waals surface area contributed by atoms with Gasteiger partial charge in [-0.15, -0.1) is 0 Å². The van der Waals surface area contributed by atoms with Crippen molar-refractivity contribution >= 4 is 5.78 Å². The molecule has 1 saturated heterocycles. The van der Waals surface area contributed by atoms with E-state index in [-0.39, 0.29) is 23.0 Å². The van der Waals surface area contributed by atoms with Crippen LogP contribution in [0.4, 0.5) is 0 Å². The minimum atomic E-state index is -0.371. The lowest BCUT2D eigenvalue weighted by Crippen LogP contribution is -2.57. The highest BCUT2D eigenvalue weighted by Gasteiger charge is 2.36. The molecule has 14 heavy (non-hydrogen) atoms. The summed E-state index contributed by atoms with van der Waals surface area (Å²) in [6.45, 7) is 10.4. The fraction of sp³-hybridized carbons (Fsp3) is 0.909. The van der Waals surface area contributed by atoms with Gasteiger partial charge in [0, 0.05) is 5.41 Å². The lowest BCUT2D eigenvalue weighted by Gasteiger charge is -2.38. The monoisotopic (exact) mass is 199 g/mol. The zero-order valence-electron chi connectivity index (χ0n) is 9.81. The van der Waals surface area contributed by atoms with Crippen molar-refractivity contribution in [2.45, 2.75) is 52.8 Å². The summed E-state index contributed by atoms with van der Waals surface area (Å²) < 4.78 is 5.50. The van der Waals surface area contributed by atoms with Crippen LogP contribution in [0.3, 0.4) is 0 Å². The Labute approximate surface area is 86.2 Å². The molecule has 1 fully saturated rings. The third kappa shape index (κ3) is 2.79. The molecule has 1 atom stereocenters. The van der Waals surface area contributed by atoms with Crippen LogP contribution in [-0.4, -0.2) is 24.2 Å². The van der Waals surface area contributed by atoms with Crippen molar-refractivity contribution < 1.29 is 9.53 Å². The van der Waals surface area contributed by atoms with Gasteiger partial charge in [-0.05, 0) is 20.3 Å². The SMILES string of the molecule is CC1(C)N[C@H](C(=O)C(C)(C)C)CCO1. The normalized spacial score (nSPS) is 27.4. The van der Waals surface area contributed by atoms with Gasteiger partial charge in [-0.1, -0.05) is 20.8 Å². The molecular weight excluding hydrogens is 178 g/mol. The minimum absolute atomic E-state index is 0.0567. The number of ketones is 1. The van der Waals surface area contributed by atoms with E-state index in [1.54, 1.807) is 0 Å². The van der Waals surface area contributed by atoms with Crippen molar-refractivity contribution in [1.29, 1.82) is 0 Å². The molecular formula is C11H21NO2. The van der Waals surface area contributed by atoms with Crippen LogP contribution in [0.25, 0.3) is 0 Å². The predicted molar refractivity (Wildman–Crippen MR) is 56.0 cm³/mol. The van der Waals surface area contributed by atoms with E-state index in [9.17, 15) is 4.79 Å². The van der Waals surface area contributed by atoms with Crippen LogP contribution < -0.4 is 5.32 Å². The molecule has 1 heterocycles. The molecule has 1 aliphatic rings. The van der Waals surface area contributed by atoms with Gasteiger partial charge < -0.3 is 4.74 Å². The zero-order chi connectivity index (χ0) is 11.0. The highest BCUT2D eigenvalue weighted by Crippen LogP contribution is 2.23. The number of carbonyl (C=O) groups excluding carboxylic acids is 1. The third-order valence-corrected chi connectivity index (χ3v) is 2.45. The number of Topliss-reactive ketones (excluding diaryl/α,β-unsaturated/α-hetero) is 1. The zero-order valence-corrected chi connectivity index (χ0v) is 9.81. The maximum Gasteiger partial charge on any atom is 0.155 e. The molecule has 0 aromatic rings. The van der Waals surface area contributed by atoms with E-state index in [0.717, 1.165) is 6.42 Å². The summed E-state index contributed by atoms with van der Waals surface area (Å²) in [5.74, 6) is 0.272. The van der Waals surface area contributed by atoms with E-state index in [1.165, 1.54) is 0 Å². The average molecular weight is 199 g/mol. The molecule has 0 unspecified atom stereocenters. The van der Waals surface area contributed by atoms with Crippen LogP contribution >= 0.6 is 0 Å². The van der Waals surface area contributed by atoms with Gasteiger partial charge in [-0.2, -0.15) is 0 Å². The summed E-state index contributed by atoms with van der Waals surface area (Å²) in [6.07, 6.45) is 0.777. The molecule has 0 aromatic heterocycles. The highest BCUT2D eigenvalue weighted by atomic mass is 16.5. The molecule has 1 N–H and O–H groups in total. The van der Waals surface area contributed by atoms with Crippen molar-refractivity contribution in [3.05, 3.63) is 0 Å². The molecule has 0 aromatic carbocycles. The summed E-state index contributed by atoms with van der Waals surface area (Å²) in [5, 5.41) is 3.23. The smallest absolute Gasteiger partial charge is 0.155 e. The van der Waals surface area contributed by atoms with Gasteiger partial charge in [0.2, 0.25) is 0 Å². The molecule has 0 aliphatic carbocycles. The van der Waals surface area contributed by atoms with Gasteiger partial charge in [0.15, 0.2) is 5.78 Å². The van der Waals surface area contributed by atoms with Crippen LogP contribution in [0, 0.1) is 5.41 Å². The van der Waals surface area contributed by atoms with Crippen LogP contribution in [0.2, 0.25) is 0 Å². The highest BCUT2D eigenvalue weighted by molar-refractivity contribution is 5.88. The first-order chi connectivity index (χ1) is 6.22. The van der Waals surface area contributed by atoms with Gasteiger partial charge in [0.05, 0.1) is 12.6 Å². The summed E-state index contributed by atoms with van der Waals surface area (Å²) in [4.78, 5) is 12.0. The van der Waals surface area contributed by atoms with Crippen molar-refractivity contribution in [3.63, 3.8) is 0 Å². The third-order valence-electron chi connectivity index (χ3n) is 2.45. The maximum absolute atomic E-state index is 12.0. The Kier molecular flexibility index (Phi) is 3.02. The second-order valence-electron chi connectivity index (χ2n) is 5.46. The van der Waals surface area contributed by atoms with Crippen molar-refractivity contribution in [3.8, 4) is 0 Å². The summed E-state index contributed by atoms with van der Waals surface area (Å²) in [7, 11) is 0. The molecule has 0 radical (unpaired) electrons. The first kappa shape index (κ1) is 11.7. The Bertz CT molecular complexity index is 228. The molecule has 0 spiro atoms. The van der Waals surface area contributed by atoms with Gasteiger partial charge in [0.1, 0.15) is 5.72 Å². The summed E-state index contributed by atoms with van der Waals surface area (Å²) in [5.41, 5.74) is -0.644. The van der Waals surface area contributed by atoms with E-state index < -0.39 is 0 Å². The van der Waals surface area contributed by atoms with E-state index >= 15 is 0 Å². The molecule has 3 heteroatoms. The van der Waals surface area contributed by atoms with E-state index in [4.69, 9.17) is 4.74 Å². The summed E-state index contributed by atoms with van der Waals surface area (Å²) >= 11 is 0. The molecule has 0 amide bonds. The van der Waals surface area contributed by atoms with Gasteiger partial charge in [-0.3, -0.25) is 10.1 Å². The standard InChI is InChI=1S/C11H21NO2/c1-10(2,3)9(13)8-6-7-14-11(4,5)12-8/h8,12H,6-7H2,1-5H3/t8-/m0/s1. The van der Waals surface area contributed by atoms with Crippen LogP contribution in [-0.2, 0) is 9.53 Å². The van der Waals surface area contributed by atoms with Crippen LogP contribution in [0.5, 0.6) is 0 Å². The number of ether oxygens (including phenoxy) is 1. The molecule has 3 nitrogen and oxygen atoms in total. The topological polar surface area (TPSA) is 38.3 Å². The Hall–Kier alpha value is -0.410. The van der Waals surface area contributed by atoms with Gasteiger partial charge in [-0.25, -0.2) is 0 Å². The second-order valence-corrected chi connectivity index (χ2v) is 5.46. The van der Waals surface area contributed by atoms with E-state index in [2.05, 4.69) is 5.32 Å². The number of nitrogens with one attached hydrogen (secondary N) is 1. The van der Waals surface area contributed by atoms with Crippen LogP contribution in [0.15, 0.2) is 0 Å². The Morgan fingerprint density at radius 2 is 2.00 bits per heavy atom. The van der Waals surface area contributed by atoms with Gasteiger partial charge in [0.25, 0.3) is 0 Å². The predicted octanol–water partition coefficient (Wildman–Crippen LogP) is 1.72. The Balaban J connectivity index is 2.66. The average Bonchev–Trinajstić information content (AvgIpc) is 1.99. The minimum Gasteiger partial charge on any atom is -0.361 e. The lowest BCUT2D eigenvalue weighted by molar-refractivity contribution is -0.139. The van der Waals surface area contributed by atoms with Crippen LogP contribution in [0.1, 0.15) is 41.0 Å². The van der Waals surface area contributed by atoms with E-state index in [0.29, 0.717) is 6.61 Å². The maximum atomic E-state index is 12.0. The van der Waals surface area contributed by atoms with Crippen molar-refractivity contribution in [2.75, 3.05) is 6.61 Å². The number of hydrogen-bond acceptors (Lipinski definition) is 3. The number of rotatable bonds is 1. The first-order valence-corrected chi connectivity index (χ1v) is 5.18. The molecule has 1 rings (SSSR count). The lowest BCUT2D eigenvalue weighted by atomic mass is 9.84. The second kappa shape index (κ2) is 3.63. The molecule has 1 aliphatic heterocycles. The fourth-order valence-corrected chi connectivity index (χ4v) is 1.68. The van der Waals surface area contributed by atoms with Crippen molar-refractivity contribution in [2.24, 2.45) is 5.41 Å². The Morgan fingerprint density at radius 1 is 1.43 bits per heavy atom. The fourth-order valence-electron chi connectivity index (χ4n) is 1.68. The first-order valence-electron chi connectivity index (χ1n) is 5.18. The van der Waals surface area contributed by atoms with Crippen molar-refractivity contribution in [1.82, 2.24) is 5.32 Å². The number of carbonyl (C=O) groups is 1. The number of hydrogen-bond donors (Lipinski definition) is 1. The van der Waals surface area contributed by atoms with Gasteiger partial charge >= 0.3 is 0 Å². The quantitative estimate of drug-likeness (QED) is 0.698. The largest absolute Gasteiger partial charge is 0.361 e. The summed E-state index contributed by atoms with van der Waals surface area (Å²) in [6, 6.07) is -0.0567.